The van der Waals surface area contributed by atoms with Crippen molar-refractivity contribution in [2.45, 2.75) is 25.2 Å². The van der Waals surface area contributed by atoms with E-state index in [2.05, 4.69) is 48.5 Å². The number of hydrogen-bond donors (Lipinski definition) is 1. The molecule has 3 heteroatoms. The van der Waals surface area contributed by atoms with E-state index < -0.39 is 0 Å². The first-order valence-corrected chi connectivity index (χ1v) is 8.28. The number of carbonyl (C=O) groups is 1. The summed E-state index contributed by atoms with van der Waals surface area (Å²) >= 11 is 0. The molecule has 1 N–H and O–H groups in total. The molecule has 1 fully saturated rings. The van der Waals surface area contributed by atoms with Crippen molar-refractivity contribution in [1.82, 2.24) is 0 Å². The molecule has 2 aromatic rings. The van der Waals surface area contributed by atoms with Gasteiger partial charge in [0.2, 0.25) is 0 Å². The smallest absolute Gasteiger partial charge is 0.187 e. The maximum Gasteiger partial charge on any atom is 0.187 e. The Morgan fingerprint density at radius 1 is 0.870 bits per heavy atom. The molecule has 0 radical (unpaired) electrons. The number of carbonyl (C=O) groups excluding carboxylic acids is 1. The standard InChI is InChI=1S/C20H23NO.ClH/c22-19(16-21-13-7-8-14-21)15-20(17-9-3-1-4-10-17)18-11-5-2-6-12-18;/h1-6,9-12,20H,7-8,13-16H2;1H. The van der Waals surface area contributed by atoms with Crippen LogP contribution in [0.25, 0.3) is 0 Å². The first-order chi connectivity index (χ1) is 10.8. The largest absolute Gasteiger partial charge is 1.00 e. The molecule has 0 aliphatic carbocycles. The van der Waals surface area contributed by atoms with Crippen molar-refractivity contribution in [3.05, 3.63) is 71.8 Å². The van der Waals surface area contributed by atoms with Crippen LogP contribution in [0.3, 0.4) is 0 Å². The van der Waals surface area contributed by atoms with Gasteiger partial charge < -0.3 is 17.3 Å². The van der Waals surface area contributed by atoms with Gasteiger partial charge in [0.05, 0.1) is 13.1 Å². The summed E-state index contributed by atoms with van der Waals surface area (Å²) in [6.45, 7) is 3.01. The average molecular weight is 330 g/mol. The van der Waals surface area contributed by atoms with Crippen molar-refractivity contribution in [2.75, 3.05) is 19.6 Å². The number of ketones is 1. The van der Waals surface area contributed by atoms with E-state index in [1.54, 1.807) is 0 Å². The van der Waals surface area contributed by atoms with Crippen molar-refractivity contribution < 1.29 is 22.1 Å². The second-order valence-electron chi connectivity index (χ2n) is 6.25. The lowest BCUT2D eigenvalue weighted by molar-refractivity contribution is -0.878. The quantitative estimate of drug-likeness (QED) is 0.755. The zero-order valence-corrected chi connectivity index (χ0v) is 14.1. The monoisotopic (exact) mass is 329 g/mol. The van der Waals surface area contributed by atoms with E-state index >= 15 is 0 Å². The average Bonchev–Trinajstić information content (AvgIpc) is 3.07. The van der Waals surface area contributed by atoms with Gasteiger partial charge in [0.25, 0.3) is 0 Å². The van der Waals surface area contributed by atoms with Crippen LogP contribution in [0.4, 0.5) is 0 Å². The fourth-order valence-corrected chi connectivity index (χ4v) is 3.43. The van der Waals surface area contributed by atoms with Gasteiger partial charge in [-0.3, -0.25) is 4.79 Å². The minimum absolute atomic E-state index is 0. The molecule has 0 unspecified atom stereocenters. The minimum Gasteiger partial charge on any atom is -1.00 e. The lowest BCUT2D eigenvalue weighted by Gasteiger charge is -2.18. The molecular weight excluding hydrogens is 306 g/mol. The zero-order chi connectivity index (χ0) is 15.2. The van der Waals surface area contributed by atoms with Crippen molar-refractivity contribution in [3.63, 3.8) is 0 Å². The number of nitrogens with one attached hydrogen (secondary N) is 1. The van der Waals surface area contributed by atoms with Crippen LogP contribution in [0.15, 0.2) is 60.7 Å². The third kappa shape index (κ3) is 4.92. The van der Waals surface area contributed by atoms with E-state index in [0.717, 1.165) is 13.1 Å². The highest BCUT2D eigenvalue weighted by Gasteiger charge is 2.23. The highest BCUT2D eigenvalue weighted by Crippen LogP contribution is 2.27. The highest BCUT2D eigenvalue weighted by atomic mass is 35.5. The maximum atomic E-state index is 12.5. The van der Waals surface area contributed by atoms with Crippen LogP contribution in [0.5, 0.6) is 0 Å². The number of likely N-dealkylation sites (tertiary alicyclic amines) is 1. The summed E-state index contributed by atoms with van der Waals surface area (Å²) in [4.78, 5) is 14.0. The number of benzene rings is 2. The highest BCUT2D eigenvalue weighted by molar-refractivity contribution is 5.80. The van der Waals surface area contributed by atoms with Gasteiger partial charge in [-0.1, -0.05) is 60.7 Å². The number of rotatable bonds is 6. The molecule has 3 rings (SSSR count). The summed E-state index contributed by atoms with van der Waals surface area (Å²) in [5.74, 6) is 0.562. The summed E-state index contributed by atoms with van der Waals surface area (Å²) in [6, 6.07) is 20.8. The first-order valence-electron chi connectivity index (χ1n) is 8.28. The van der Waals surface area contributed by atoms with Crippen molar-refractivity contribution in [2.24, 2.45) is 0 Å². The summed E-state index contributed by atoms with van der Waals surface area (Å²) < 4.78 is 0. The first kappa shape index (κ1) is 17.7. The Kier molecular flexibility index (Phi) is 6.82. The van der Waals surface area contributed by atoms with Gasteiger partial charge in [0.1, 0.15) is 6.54 Å². The van der Waals surface area contributed by atoms with Gasteiger partial charge in [-0.2, -0.15) is 0 Å². The molecule has 1 aliphatic rings. The predicted molar refractivity (Wildman–Crippen MR) is 89.1 cm³/mol. The molecule has 2 aromatic carbocycles. The molecule has 0 saturated carbocycles. The molecule has 0 amide bonds. The fraction of sp³-hybridized carbons (Fsp3) is 0.350. The van der Waals surface area contributed by atoms with Gasteiger partial charge >= 0.3 is 0 Å². The Morgan fingerprint density at radius 3 is 1.83 bits per heavy atom. The van der Waals surface area contributed by atoms with Crippen LogP contribution in [0.2, 0.25) is 0 Å². The van der Waals surface area contributed by atoms with Crippen LogP contribution in [-0.2, 0) is 4.79 Å². The van der Waals surface area contributed by atoms with Gasteiger partial charge in [-0.05, 0) is 11.1 Å². The Balaban J connectivity index is 0.00000192. The number of quaternary nitrogens is 1. The maximum absolute atomic E-state index is 12.5. The molecule has 2 nitrogen and oxygen atoms in total. The Bertz CT molecular complexity index is 554. The fourth-order valence-electron chi connectivity index (χ4n) is 3.43. The lowest BCUT2D eigenvalue weighted by Crippen LogP contribution is -3.10. The Morgan fingerprint density at radius 2 is 1.35 bits per heavy atom. The van der Waals surface area contributed by atoms with Crippen LogP contribution >= 0.6 is 0 Å². The SMILES string of the molecule is O=C(CC(c1ccccc1)c1ccccc1)C[NH+]1CCCC1.[Cl-]. The Hall–Kier alpha value is -1.64. The van der Waals surface area contributed by atoms with Gasteiger partial charge in [0.15, 0.2) is 5.78 Å². The van der Waals surface area contributed by atoms with E-state index in [4.69, 9.17) is 0 Å². The van der Waals surface area contributed by atoms with Crippen LogP contribution in [0, 0.1) is 0 Å². The minimum atomic E-state index is 0. The lowest BCUT2D eigenvalue weighted by atomic mass is 9.87. The van der Waals surface area contributed by atoms with E-state index in [9.17, 15) is 4.79 Å². The zero-order valence-electron chi connectivity index (χ0n) is 13.4. The van der Waals surface area contributed by atoms with Gasteiger partial charge in [-0.25, -0.2) is 0 Å². The van der Waals surface area contributed by atoms with Gasteiger partial charge in [0, 0.05) is 25.2 Å². The molecule has 23 heavy (non-hydrogen) atoms. The molecule has 1 heterocycles. The summed E-state index contributed by atoms with van der Waals surface area (Å²) in [5.41, 5.74) is 2.47. The summed E-state index contributed by atoms with van der Waals surface area (Å²) in [7, 11) is 0. The molecule has 122 valence electrons. The third-order valence-corrected chi connectivity index (χ3v) is 4.59. The van der Waals surface area contributed by atoms with Crippen LogP contribution in [0.1, 0.15) is 36.3 Å². The van der Waals surface area contributed by atoms with E-state index in [0.29, 0.717) is 18.7 Å². The third-order valence-electron chi connectivity index (χ3n) is 4.59. The van der Waals surface area contributed by atoms with E-state index in [1.165, 1.54) is 28.9 Å². The van der Waals surface area contributed by atoms with Crippen molar-refractivity contribution >= 4 is 5.78 Å². The summed E-state index contributed by atoms with van der Waals surface area (Å²) in [5, 5.41) is 0. The Labute approximate surface area is 144 Å². The topological polar surface area (TPSA) is 21.5 Å². The van der Waals surface area contributed by atoms with E-state index in [-0.39, 0.29) is 18.3 Å². The second kappa shape index (κ2) is 8.85. The number of hydrogen-bond acceptors (Lipinski definition) is 1. The predicted octanol–water partition coefficient (Wildman–Crippen LogP) is -0.540. The molecule has 0 spiro atoms. The molecule has 0 atom stereocenters. The number of Topliss-reactive ketones (excluding diaryl/α,β-unsaturated/α-hetero) is 1. The summed E-state index contributed by atoms with van der Waals surface area (Å²) in [6.07, 6.45) is 3.14. The van der Waals surface area contributed by atoms with Crippen molar-refractivity contribution in [3.8, 4) is 0 Å². The van der Waals surface area contributed by atoms with Crippen LogP contribution in [-0.4, -0.2) is 25.4 Å². The van der Waals surface area contributed by atoms with Gasteiger partial charge in [-0.15, -0.1) is 0 Å². The molecule has 1 saturated heterocycles. The molecule has 0 aromatic heterocycles. The molecular formula is C20H24ClNO. The second-order valence-corrected chi connectivity index (χ2v) is 6.25. The van der Waals surface area contributed by atoms with Crippen molar-refractivity contribution in [1.29, 1.82) is 0 Å². The van der Waals surface area contributed by atoms with Crippen LogP contribution < -0.4 is 17.3 Å². The molecule has 0 bridgehead atoms. The normalized spacial score (nSPS) is 14.7. The number of halogens is 1. The van der Waals surface area contributed by atoms with E-state index in [1.807, 2.05) is 12.1 Å². The molecule has 1 aliphatic heterocycles.